The van der Waals surface area contributed by atoms with Crippen molar-refractivity contribution in [3.63, 3.8) is 0 Å². The summed E-state index contributed by atoms with van der Waals surface area (Å²) in [5.41, 5.74) is 2.84. The zero-order chi connectivity index (χ0) is 17.1. The summed E-state index contributed by atoms with van der Waals surface area (Å²) < 4.78 is 1.52. The maximum absolute atomic E-state index is 12.9. The molecule has 0 aliphatic rings. The van der Waals surface area contributed by atoms with Gasteiger partial charge in [-0.3, -0.25) is 9.36 Å². The minimum absolute atomic E-state index is 0.0923. The number of hydrogen-bond donors (Lipinski definition) is 1. The number of rotatable bonds is 5. The first kappa shape index (κ1) is 15.8. The number of aryl methyl sites for hydroxylation is 1. The number of nitrogens with zero attached hydrogens (tertiary/aromatic N) is 2. The second-order valence-electron chi connectivity index (χ2n) is 5.68. The van der Waals surface area contributed by atoms with Crippen LogP contribution in [0.25, 0.3) is 11.0 Å². The largest absolute Gasteiger partial charge is 0.331 e. The van der Waals surface area contributed by atoms with Crippen molar-refractivity contribution < 1.29 is 4.79 Å². The van der Waals surface area contributed by atoms with Gasteiger partial charge in [0.1, 0.15) is 0 Å². The third-order valence-corrected chi connectivity index (χ3v) is 4.00. The fourth-order valence-corrected chi connectivity index (χ4v) is 2.73. The van der Waals surface area contributed by atoms with Gasteiger partial charge < -0.3 is 9.88 Å². The number of fused-ring (bicyclic) bond motifs is 1. The van der Waals surface area contributed by atoms with Gasteiger partial charge in [0, 0.05) is 25.7 Å². The van der Waals surface area contributed by atoms with Gasteiger partial charge >= 0.3 is 5.69 Å². The van der Waals surface area contributed by atoms with E-state index in [-0.39, 0.29) is 11.6 Å². The molecule has 3 aromatic rings. The number of benzene rings is 2. The number of aromatic nitrogens is 2. The molecule has 0 spiro atoms. The van der Waals surface area contributed by atoms with Crippen molar-refractivity contribution >= 4 is 16.9 Å². The van der Waals surface area contributed by atoms with Gasteiger partial charge in [0.25, 0.3) is 5.91 Å². The summed E-state index contributed by atoms with van der Waals surface area (Å²) in [7, 11) is 1.70. The van der Waals surface area contributed by atoms with Crippen LogP contribution in [-0.4, -0.2) is 26.9 Å². The first-order valence-corrected chi connectivity index (χ1v) is 7.73. The Hall–Kier alpha value is -3.08. The molecule has 0 saturated heterocycles. The molecule has 0 aliphatic carbocycles. The van der Waals surface area contributed by atoms with Crippen molar-refractivity contribution in [2.24, 2.45) is 7.05 Å². The van der Waals surface area contributed by atoms with E-state index in [0.717, 1.165) is 11.1 Å². The minimum Gasteiger partial charge on any atom is -0.331 e. The Morgan fingerprint density at radius 3 is 2.71 bits per heavy atom. The van der Waals surface area contributed by atoms with Crippen LogP contribution in [0.5, 0.6) is 0 Å². The second-order valence-corrected chi connectivity index (χ2v) is 5.68. The molecule has 0 unspecified atom stereocenters. The molecule has 0 bridgehead atoms. The molecule has 0 atom stereocenters. The van der Waals surface area contributed by atoms with E-state index in [9.17, 15) is 9.59 Å². The lowest BCUT2D eigenvalue weighted by Gasteiger charge is -2.21. The molecule has 0 fully saturated rings. The summed E-state index contributed by atoms with van der Waals surface area (Å²) in [6.45, 7) is 4.70. The van der Waals surface area contributed by atoms with Gasteiger partial charge in [-0.15, -0.1) is 6.58 Å². The van der Waals surface area contributed by atoms with Crippen molar-refractivity contribution in [2.75, 3.05) is 6.54 Å². The van der Waals surface area contributed by atoms with Gasteiger partial charge in [-0.1, -0.05) is 36.4 Å². The monoisotopic (exact) mass is 321 g/mol. The normalized spacial score (nSPS) is 10.7. The fourth-order valence-electron chi connectivity index (χ4n) is 2.73. The number of carbonyl (C=O) groups is 1. The molecular formula is C19H19N3O2. The number of hydrogen-bond acceptors (Lipinski definition) is 2. The Morgan fingerprint density at radius 1 is 1.25 bits per heavy atom. The van der Waals surface area contributed by atoms with Crippen LogP contribution in [0.15, 0.2) is 66.0 Å². The van der Waals surface area contributed by atoms with Gasteiger partial charge in [-0.2, -0.15) is 0 Å². The summed E-state index contributed by atoms with van der Waals surface area (Å²) in [6, 6.07) is 15.1. The molecule has 1 aromatic heterocycles. The highest BCUT2D eigenvalue weighted by molar-refractivity contribution is 5.97. The Morgan fingerprint density at radius 2 is 2.00 bits per heavy atom. The van der Waals surface area contributed by atoms with Crippen LogP contribution in [0.3, 0.4) is 0 Å². The van der Waals surface area contributed by atoms with E-state index in [2.05, 4.69) is 11.6 Å². The quantitative estimate of drug-likeness (QED) is 0.735. The molecule has 2 aromatic carbocycles. The van der Waals surface area contributed by atoms with E-state index < -0.39 is 0 Å². The predicted octanol–water partition coefficient (Wildman–Crippen LogP) is 2.70. The van der Waals surface area contributed by atoms with Crippen molar-refractivity contribution in [3.8, 4) is 0 Å². The molecule has 0 radical (unpaired) electrons. The second kappa shape index (κ2) is 6.58. The lowest BCUT2D eigenvalue weighted by atomic mass is 10.1. The van der Waals surface area contributed by atoms with E-state index in [1.165, 1.54) is 4.57 Å². The van der Waals surface area contributed by atoms with Gasteiger partial charge in [0.15, 0.2) is 0 Å². The Kier molecular flexibility index (Phi) is 4.33. The van der Waals surface area contributed by atoms with Crippen molar-refractivity contribution in [3.05, 3.63) is 82.8 Å². The van der Waals surface area contributed by atoms with Crippen molar-refractivity contribution in [1.29, 1.82) is 0 Å². The SMILES string of the molecule is C=CCN(Cc1ccccc1)C(=O)c1ccc2c(c1)[nH]c(=O)n2C. The maximum Gasteiger partial charge on any atom is 0.326 e. The lowest BCUT2D eigenvalue weighted by molar-refractivity contribution is 0.0763. The van der Waals surface area contributed by atoms with Crippen LogP contribution in [0.4, 0.5) is 0 Å². The number of aromatic amines is 1. The molecular weight excluding hydrogens is 302 g/mol. The number of nitrogens with one attached hydrogen (secondary N) is 1. The summed E-state index contributed by atoms with van der Waals surface area (Å²) in [6.07, 6.45) is 1.71. The van der Waals surface area contributed by atoms with E-state index in [0.29, 0.717) is 24.2 Å². The minimum atomic E-state index is -0.193. The first-order valence-electron chi connectivity index (χ1n) is 7.73. The Bertz CT molecular complexity index is 938. The maximum atomic E-state index is 12.9. The molecule has 1 amide bonds. The molecule has 5 nitrogen and oxygen atoms in total. The molecule has 1 N–H and O–H groups in total. The lowest BCUT2D eigenvalue weighted by Crippen LogP contribution is -2.30. The van der Waals surface area contributed by atoms with Crippen LogP contribution >= 0.6 is 0 Å². The molecule has 1 heterocycles. The Balaban J connectivity index is 1.92. The zero-order valence-electron chi connectivity index (χ0n) is 13.5. The van der Waals surface area contributed by atoms with E-state index >= 15 is 0 Å². The van der Waals surface area contributed by atoms with E-state index in [1.807, 2.05) is 30.3 Å². The Labute approximate surface area is 139 Å². The standard InChI is InChI=1S/C19H19N3O2/c1-3-11-22(13-14-7-5-4-6-8-14)18(23)15-9-10-17-16(12-15)20-19(24)21(17)2/h3-10,12H,1,11,13H2,2H3,(H,20,24). The molecule has 3 rings (SSSR count). The summed E-state index contributed by atoms with van der Waals surface area (Å²) in [4.78, 5) is 29.0. The predicted molar refractivity (Wildman–Crippen MR) is 94.9 cm³/mol. The summed E-state index contributed by atoms with van der Waals surface area (Å²) in [5.74, 6) is -0.0923. The number of imidazole rings is 1. The number of amides is 1. The highest BCUT2D eigenvalue weighted by Crippen LogP contribution is 2.15. The van der Waals surface area contributed by atoms with E-state index in [4.69, 9.17) is 0 Å². The average molecular weight is 321 g/mol. The zero-order valence-corrected chi connectivity index (χ0v) is 13.5. The molecule has 122 valence electrons. The first-order chi connectivity index (χ1) is 11.6. The van der Waals surface area contributed by atoms with Crippen LogP contribution in [0.1, 0.15) is 15.9 Å². The number of carbonyl (C=O) groups excluding carboxylic acids is 1. The van der Waals surface area contributed by atoms with Crippen molar-refractivity contribution in [2.45, 2.75) is 6.54 Å². The summed E-state index contributed by atoms with van der Waals surface area (Å²) in [5, 5.41) is 0. The van der Waals surface area contributed by atoms with Gasteiger partial charge in [0.05, 0.1) is 11.0 Å². The summed E-state index contributed by atoms with van der Waals surface area (Å²) >= 11 is 0. The third kappa shape index (κ3) is 3.01. The smallest absolute Gasteiger partial charge is 0.326 e. The third-order valence-electron chi connectivity index (χ3n) is 4.00. The van der Waals surface area contributed by atoms with Crippen LogP contribution < -0.4 is 5.69 Å². The fraction of sp³-hybridized carbons (Fsp3) is 0.158. The van der Waals surface area contributed by atoms with Crippen molar-refractivity contribution in [1.82, 2.24) is 14.5 Å². The van der Waals surface area contributed by atoms with Crippen LogP contribution in [-0.2, 0) is 13.6 Å². The van der Waals surface area contributed by atoms with Gasteiger partial charge in [0.2, 0.25) is 0 Å². The van der Waals surface area contributed by atoms with Gasteiger partial charge in [-0.05, 0) is 23.8 Å². The van der Waals surface area contributed by atoms with E-state index in [1.54, 1.807) is 36.2 Å². The molecule has 24 heavy (non-hydrogen) atoms. The van der Waals surface area contributed by atoms with Gasteiger partial charge in [-0.25, -0.2) is 4.79 Å². The average Bonchev–Trinajstić information content (AvgIpc) is 2.88. The highest BCUT2D eigenvalue weighted by atomic mass is 16.2. The molecule has 0 aliphatic heterocycles. The molecule has 0 saturated carbocycles. The topological polar surface area (TPSA) is 58.1 Å². The van der Waals surface area contributed by atoms with Crippen LogP contribution in [0.2, 0.25) is 0 Å². The number of H-pyrrole nitrogens is 1. The molecule has 5 heteroatoms. The highest BCUT2D eigenvalue weighted by Gasteiger charge is 2.16. The van der Waals surface area contributed by atoms with Crippen LogP contribution in [0, 0.1) is 0 Å².